The molecule has 0 fully saturated rings. The predicted molar refractivity (Wildman–Crippen MR) is 111 cm³/mol. The zero-order valence-corrected chi connectivity index (χ0v) is 15.5. The molecule has 0 atom stereocenters. The van der Waals surface area contributed by atoms with Gasteiger partial charge in [0, 0.05) is 12.7 Å². The van der Waals surface area contributed by atoms with Crippen LogP contribution in [0.2, 0.25) is 0 Å². The number of ether oxygens (including phenoxy) is 1. The Morgan fingerprint density at radius 3 is 2.68 bits per heavy atom. The van der Waals surface area contributed by atoms with Gasteiger partial charge in [-0.2, -0.15) is 0 Å². The van der Waals surface area contributed by atoms with Crippen molar-refractivity contribution >= 4 is 10.9 Å². The second-order valence-corrected chi connectivity index (χ2v) is 6.16. The number of aromatic nitrogens is 3. The number of hydrogen-bond acceptors (Lipinski definition) is 5. The van der Waals surface area contributed by atoms with Gasteiger partial charge >= 0.3 is 0 Å². The Bertz CT molecular complexity index is 1080. The third kappa shape index (κ3) is 4.42. The molecule has 3 aromatic rings. The van der Waals surface area contributed by atoms with Gasteiger partial charge in [0.15, 0.2) is 0 Å². The number of benzene rings is 1. The standard InChI is InChI=1S/C22H22N4O2/c1-3-5-15(4-2)12-16-6-8-17(9-7-16)28-14-20-25-21-18(22(27)26-20)10-11-24-19(21)13-23/h3-11H,1-2,12-14,23H2,(H,25,26,27)/b15-5+. The highest BCUT2D eigenvalue weighted by Gasteiger charge is 2.09. The van der Waals surface area contributed by atoms with Crippen molar-refractivity contribution in [1.29, 1.82) is 0 Å². The fourth-order valence-electron chi connectivity index (χ4n) is 2.83. The number of allylic oxidation sites excluding steroid dienone is 4. The lowest BCUT2D eigenvalue weighted by Gasteiger charge is -2.09. The first-order valence-corrected chi connectivity index (χ1v) is 8.87. The van der Waals surface area contributed by atoms with Crippen LogP contribution in [0.15, 0.2) is 78.3 Å². The van der Waals surface area contributed by atoms with E-state index < -0.39 is 0 Å². The number of nitrogens with zero attached hydrogens (tertiary/aromatic N) is 2. The Labute approximate surface area is 163 Å². The van der Waals surface area contributed by atoms with E-state index in [0.717, 1.165) is 17.6 Å². The van der Waals surface area contributed by atoms with Gasteiger partial charge in [0.2, 0.25) is 0 Å². The molecule has 6 nitrogen and oxygen atoms in total. The average molecular weight is 374 g/mol. The van der Waals surface area contributed by atoms with Crippen molar-refractivity contribution < 1.29 is 4.74 Å². The van der Waals surface area contributed by atoms with E-state index >= 15 is 0 Å². The van der Waals surface area contributed by atoms with Gasteiger partial charge in [0.1, 0.15) is 23.7 Å². The number of rotatable bonds is 8. The molecule has 0 bridgehead atoms. The first-order valence-electron chi connectivity index (χ1n) is 8.87. The number of pyridine rings is 1. The summed E-state index contributed by atoms with van der Waals surface area (Å²) in [6.45, 7) is 7.86. The van der Waals surface area contributed by atoms with Gasteiger partial charge in [-0.1, -0.05) is 43.5 Å². The highest BCUT2D eigenvalue weighted by molar-refractivity contribution is 5.79. The Balaban J connectivity index is 1.74. The summed E-state index contributed by atoms with van der Waals surface area (Å²) in [6.07, 6.45) is 7.82. The van der Waals surface area contributed by atoms with E-state index in [1.165, 1.54) is 0 Å². The third-order valence-corrected chi connectivity index (χ3v) is 4.24. The molecule has 0 saturated heterocycles. The number of fused-ring (bicyclic) bond motifs is 1. The van der Waals surface area contributed by atoms with Crippen LogP contribution in [0, 0.1) is 0 Å². The van der Waals surface area contributed by atoms with Gasteiger partial charge in [0.25, 0.3) is 5.56 Å². The van der Waals surface area contributed by atoms with Crippen LogP contribution in [0.5, 0.6) is 5.75 Å². The number of H-pyrrole nitrogens is 1. The molecule has 0 amide bonds. The Hall–Kier alpha value is -3.51. The number of nitrogens with one attached hydrogen (secondary N) is 1. The Kier molecular flexibility index (Phi) is 6.14. The minimum atomic E-state index is -0.234. The summed E-state index contributed by atoms with van der Waals surface area (Å²) in [5, 5.41) is 0.467. The molecule has 0 saturated carbocycles. The molecule has 2 heterocycles. The zero-order chi connectivity index (χ0) is 19.9. The van der Waals surface area contributed by atoms with Crippen molar-refractivity contribution in [2.24, 2.45) is 5.73 Å². The lowest BCUT2D eigenvalue weighted by molar-refractivity contribution is 0.296. The van der Waals surface area contributed by atoms with E-state index in [0.29, 0.717) is 28.2 Å². The van der Waals surface area contributed by atoms with E-state index in [4.69, 9.17) is 10.5 Å². The zero-order valence-electron chi connectivity index (χ0n) is 15.5. The molecule has 0 aliphatic heterocycles. The molecule has 28 heavy (non-hydrogen) atoms. The summed E-state index contributed by atoms with van der Waals surface area (Å²) in [7, 11) is 0. The van der Waals surface area contributed by atoms with Crippen LogP contribution in [0.4, 0.5) is 0 Å². The SMILES string of the molecule is C=C/C=C(\C=C)Cc1ccc(OCc2nc3c(CN)nccc3c(=O)[nH]2)cc1. The van der Waals surface area contributed by atoms with Crippen LogP contribution >= 0.6 is 0 Å². The summed E-state index contributed by atoms with van der Waals surface area (Å²) < 4.78 is 5.77. The Morgan fingerprint density at radius 2 is 2.00 bits per heavy atom. The molecule has 0 unspecified atom stereocenters. The van der Waals surface area contributed by atoms with Gasteiger partial charge in [-0.05, 0) is 35.8 Å². The predicted octanol–water partition coefficient (Wildman–Crippen LogP) is 3.20. The van der Waals surface area contributed by atoms with E-state index in [-0.39, 0.29) is 18.7 Å². The number of nitrogens with two attached hydrogens (primary N) is 1. The summed E-state index contributed by atoms with van der Waals surface area (Å²) >= 11 is 0. The van der Waals surface area contributed by atoms with Crippen molar-refractivity contribution in [2.45, 2.75) is 19.6 Å². The van der Waals surface area contributed by atoms with Crippen molar-refractivity contribution in [3.8, 4) is 5.75 Å². The fraction of sp³-hybridized carbons (Fsp3) is 0.136. The van der Waals surface area contributed by atoms with Gasteiger partial charge in [-0.3, -0.25) is 9.78 Å². The molecule has 3 rings (SSSR count). The van der Waals surface area contributed by atoms with Gasteiger partial charge in [-0.15, -0.1) is 0 Å². The highest BCUT2D eigenvalue weighted by Crippen LogP contribution is 2.17. The maximum Gasteiger partial charge on any atom is 0.258 e. The first-order chi connectivity index (χ1) is 13.6. The van der Waals surface area contributed by atoms with E-state index in [9.17, 15) is 4.79 Å². The lowest BCUT2D eigenvalue weighted by atomic mass is 10.0. The second kappa shape index (κ2) is 8.92. The van der Waals surface area contributed by atoms with Crippen molar-refractivity contribution in [3.05, 3.63) is 101 Å². The molecule has 0 aliphatic rings. The molecule has 0 spiro atoms. The van der Waals surface area contributed by atoms with Crippen LogP contribution in [-0.4, -0.2) is 15.0 Å². The smallest absolute Gasteiger partial charge is 0.258 e. The van der Waals surface area contributed by atoms with Crippen molar-refractivity contribution in [2.75, 3.05) is 0 Å². The summed E-state index contributed by atoms with van der Waals surface area (Å²) in [4.78, 5) is 23.7. The summed E-state index contributed by atoms with van der Waals surface area (Å²) in [5.74, 6) is 1.11. The largest absolute Gasteiger partial charge is 0.486 e. The normalized spacial score (nSPS) is 11.4. The molecular formula is C22H22N4O2. The average Bonchev–Trinajstić information content (AvgIpc) is 2.72. The minimum Gasteiger partial charge on any atom is -0.486 e. The molecule has 3 N–H and O–H groups in total. The quantitative estimate of drug-likeness (QED) is 0.591. The minimum absolute atomic E-state index is 0.137. The fourth-order valence-corrected chi connectivity index (χ4v) is 2.83. The summed E-state index contributed by atoms with van der Waals surface area (Å²) in [6, 6.07) is 9.37. The topological polar surface area (TPSA) is 93.9 Å². The van der Waals surface area contributed by atoms with Gasteiger partial charge in [0.05, 0.1) is 11.1 Å². The second-order valence-electron chi connectivity index (χ2n) is 6.16. The third-order valence-electron chi connectivity index (χ3n) is 4.24. The lowest BCUT2D eigenvalue weighted by Crippen LogP contribution is -2.15. The van der Waals surface area contributed by atoms with E-state index in [1.54, 1.807) is 18.3 Å². The highest BCUT2D eigenvalue weighted by atomic mass is 16.5. The Morgan fingerprint density at radius 1 is 1.21 bits per heavy atom. The van der Waals surface area contributed by atoms with Gasteiger partial charge < -0.3 is 15.5 Å². The van der Waals surface area contributed by atoms with Gasteiger partial charge in [-0.25, -0.2) is 4.98 Å². The van der Waals surface area contributed by atoms with Crippen LogP contribution in [-0.2, 0) is 19.6 Å². The molecule has 142 valence electrons. The molecular weight excluding hydrogens is 352 g/mol. The molecule has 6 heteroatoms. The maximum absolute atomic E-state index is 12.3. The molecule has 2 aromatic heterocycles. The van der Waals surface area contributed by atoms with E-state index in [1.807, 2.05) is 36.4 Å². The van der Waals surface area contributed by atoms with Crippen LogP contribution in [0.3, 0.4) is 0 Å². The molecule has 0 radical (unpaired) electrons. The van der Waals surface area contributed by atoms with E-state index in [2.05, 4.69) is 28.1 Å². The summed E-state index contributed by atoms with van der Waals surface area (Å²) in [5.41, 5.74) is 8.78. The van der Waals surface area contributed by atoms with Crippen LogP contribution < -0.4 is 16.0 Å². The molecule has 1 aromatic carbocycles. The van der Waals surface area contributed by atoms with Crippen molar-refractivity contribution in [1.82, 2.24) is 15.0 Å². The number of hydrogen-bond donors (Lipinski definition) is 2. The monoisotopic (exact) mass is 374 g/mol. The molecule has 0 aliphatic carbocycles. The van der Waals surface area contributed by atoms with Crippen LogP contribution in [0.1, 0.15) is 17.1 Å². The van der Waals surface area contributed by atoms with Crippen LogP contribution in [0.25, 0.3) is 10.9 Å². The van der Waals surface area contributed by atoms with Crippen molar-refractivity contribution in [3.63, 3.8) is 0 Å². The number of aromatic amines is 1. The maximum atomic E-state index is 12.3. The first kappa shape index (κ1) is 19.3.